The smallest absolute Gasteiger partial charge is 0.294 e. The van der Waals surface area contributed by atoms with Crippen molar-refractivity contribution >= 4 is 28.0 Å². The zero-order valence-corrected chi connectivity index (χ0v) is 17.2. The topological polar surface area (TPSA) is 109 Å². The van der Waals surface area contributed by atoms with Crippen LogP contribution in [0.5, 0.6) is 0 Å². The maximum Gasteiger partial charge on any atom is 0.294 e. The molecule has 0 saturated carbocycles. The SMILES string of the molecule is O=c1[nH]c(CN2CCN(c3nnnn3-c3ccccc3)CC2)nc2c1oc1ccccc12. The number of tetrazole rings is 1. The second kappa shape index (κ2) is 7.57. The summed E-state index contributed by atoms with van der Waals surface area (Å²) in [5.41, 5.74) is 2.23. The van der Waals surface area contributed by atoms with Gasteiger partial charge in [-0.2, -0.15) is 4.68 Å². The van der Waals surface area contributed by atoms with Gasteiger partial charge in [-0.25, -0.2) is 4.98 Å². The van der Waals surface area contributed by atoms with E-state index in [-0.39, 0.29) is 11.1 Å². The summed E-state index contributed by atoms with van der Waals surface area (Å²) in [5, 5.41) is 13.1. The van der Waals surface area contributed by atoms with Crippen LogP contribution in [0.25, 0.3) is 27.8 Å². The van der Waals surface area contributed by atoms with Crippen molar-refractivity contribution in [3.63, 3.8) is 0 Å². The van der Waals surface area contributed by atoms with Gasteiger partial charge in [0.05, 0.1) is 12.2 Å². The van der Waals surface area contributed by atoms with Gasteiger partial charge in [0.15, 0.2) is 0 Å². The molecule has 6 rings (SSSR count). The number of aromatic amines is 1. The van der Waals surface area contributed by atoms with E-state index in [1.165, 1.54) is 0 Å². The van der Waals surface area contributed by atoms with E-state index in [0.29, 0.717) is 23.5 Å². The van der Waals surface area contributed by atoms with Gasteiger partial charge < -0.3 is 14.3 Å². The fourth-order valence-corrected chi connectivity index (χ4v) is 4.16. The Hall–Kier alpha value is -4.05. The van der Waals surface area contributed by atoms with Crippen molar-refractivity contribution in [2.24, 2.45) is 0 Å². The van der Waals surface area contributed by atoms with Crippen LogP contribution in [-0.4, -0.2) is 61.3 Å². The molecule has 0 spiro atoms. The Morgan fingerprint density at radius 2 is 1.75 bits per heavy atom. The summed E-state index contributed by atoms with van der Waals surface area (Å²) < 4.78 is 7.44. The van der Waals surface area contributed by atoms with E-state index in [1.807, 2.05) is 54.6 Å². The number of benzene rings is 2. The van der Waals surface area contributed by atoms with Crippen molar-refractivity contribution in [1.29, 1.82) is 0 Å². The Bertz CT molecular complexity index is 1450. The van der Waals surface area contributed by atoms with E-state index in [9.17, 15) is 4.79 Å². The third-order valence-corrected chi connectivity index (χ3v) is 5.76. The molecule has 1 fully saturated rings. The van der Waals surface area contributed by atoms with E-state index in [2.05, 4.69) is 30.3 Å². The number of hydrogen-bond donors (Lipinski definition) is 1. The molecule has 1 aliphatic rings. The fraction of sp³-hybridized carbons (Fsp3) is 0.227. The van der Waals surface area contributed by atoms with Crippen LogP contribution in [0, 0.1) is 0 Å². The standard InChI is InChI=1S/C22H20N8O2/c31-21-20-19(16-8-4-5-9-17(16)32-20)23-18(24-21)14-28-10-12-29(13-11-28)22-25-26-27-30(22)15-6-2-1-3-7-15/h1-9H,10-14H2,(H,23,24,31). The molecule has 160 valence electrons. The first-order valence-corrected chi connectivity index (χ1v) is 10.5. The van der Waals surface area contributed by atoms with Gasteiger partial charge in [0.2, 0.25) is 11.5 Å². The summed E-state index contributed by atoms with van der Waals surface area (Å²) in [7, 11) is 0. The van der Waals surface area contributed by atoms with Gasteiger partial charge in [-0.1, -0.05) is 35.4 Å². The minimum atomic E-state index is -0.248. The average Bonchev–Trinajstić information content (AvgIpc) is 3.46. The maximum absolute atomic E-state index is 12.5. The Balaban J connectivity index is 1.20. The Morgan fingerprint density at radius 3 is 2.59 bits per heavy atom. The average molecular weight is 428 g/mol. The first-order chi connectivity index (χ1) is 15.8. The van der Waals surface area contributed by atoms with Gasteiger partial charge >= 0.3 is 0 Å². The zero-order chi connectivity index (χ0) is 21.5. The van der Waals surface area contributed by atoms with Gasteiger partial charge in [-0.15, -0.1) is 0 Å². The molecule has 1 N–H and O–H groups in total. The third-order valence-electron chi connectivity index (χ3n) is 5.76. The molecule has 0 unspecified atom stereocenters. The molecule has 0 bridgehead atoms. The van der Waals surface area contributed by atoms with Crippen LogP contribution in [0.1, 0.15) is 5.82 Å². The number of aromatic nitrogens is 6. The van der Waals surface area contributed by atoms with Crippen molar-refractivity contribution in [3.05, 3.63) is 70.8 Å². The summed E-state index contributed by atoms with van der Waals surface area (Å²) in [6, 6.07) is 17.4. The lowest BCUT2D eigenvalue weighted by molar-refractivity contribution is 0.242. The Labute approximate surface area is 182 Å². The van der Waals surface area contributed by atoms with Gasteiger partial charge in [0, 0.05) is 31.6 Å². The van der Waals surface area contributed by atoms with Crippen LogP contribution in [0.3, 0.4) is 0 Å². The summed E-state index contributed by atoms with van der Waals surface area (Å²) in [6.07, 6.45) is 0. The van der Waals surface area contributed by atoms with Crippen LogP contribution in [0.2, 0.25) is 0 Å². The summed E-state index contributed by atoms with van der Waals surface area (Å²) in [4.78, 5) is 24.6. The zero-order valence-electron chi connectivity index (χ0n) is 17.2. The molecule has 10 nitrogen and oxygen atoms in total. The highest BCUT2D eigenvalue weighted by molar-refractivity contribution is 6.01. The van der Waals surface area contributed by atoms with Crippen molar-refractivity contribution < 1.29 is 4.42 Å². The molecule has 0 aliphatic carbocycles. The van der Waals surface area contributed by atoms with Crippen molar-refractivity contribution in [1.82, 2.24) is 35.1 Å². The number of para-hydroxylation sites is 2. The number of hydrogen-bond acceptors (Lipinski definition) is 8. The predicted molar refractivity (Wildman–Crippen MR) is 119 cm³/mol. The van der Waals surface area contributed by atoms with Crippen LogP contribution < -0.4 is 10.5 Å². The monoisotopic (exact) mass is 428 g/mol. The van der Waals surface area contributed by atoms with Crippen LogP contribution >= 0.6 is 0 Å². The van der Waals surface area contributed by atoms with E-state index < -0.39 is 0 Å². The molecule has 2 aromatic carbocycles. The first kappa shape index (κ1) is 18.7. The van der Waals surface area contributed by atoms with Crippen molar-refractivity contribution in [2.45, 2.75) is 6.54 Å². The normalized spacial score (nSPS) is 15.1. The van der Waals surface area contributed by atoms with Gasteiger partial charge in [-0.05, 0) is 34.7 Å². The molecule has 1 aliphatic heterocycles. The molecule has 32 heavy (non-hydrogen) atoms. The lowest BCUT2D eigenvalue weighted by Gasteiger charge is -2.34. The summed E-state index contributed by atoms with van der Waals surface area (Å²) in [6.45, 7) is 3.70. The summed E-state index contributed by atoms with van der Waals surface area (Å²) >= 11 is 0. The minimum Gasteiger partial charge on any atom is -0.449 e. The number of anilines is 1. The number of piperazine rings is 1. The van der Waals surface area contributed by atoms with Crippen molar-refractivity contribution in [3.8, 4) is 5.69 Å². The van der Waals surface area contributed by atoms with Crippen molar-refractivity contribution in [2.75, 3.05) is 31.1 Å². The van der Waals surface area contributed by atoms with Gasteiger partial charge in [0.25, 0.3) is 5.56 Å². The minimum absolute atomic E-state index is 0.248. The Morgan fingerprint density at radius 1 is 0.969 bits per heavy atom. The van der Waals surface area contributed by atoms with Gasteiger partial charge in [0.1, 0.15) is 16.9 Å². The number of furan rings is 1. The van der Waals surface area contributed by atoms with Crippen LogP contribution in [0.4, 0.5) is 5.95 Å². The quantitative estimate of drug-likeness (QED) is 0.463. The van der Waals surface area contributed by atoms with Crippen LogP contribution in [0.15, 0.2) is 63.8 Å². The second-order valence-corrected chi connectivity index (χ2v) is 7.78. The molecular formula is C22H20N8O2. The lowest BCUT2D eigenvalue weighted by Crippen LogP contribution is -2.47. The number of rotatable bonds is 4. The largest absolute Gasteiger partial charge is 0.449 e. The van der Waals surface area contributed by atoms with E-state index >= 15 is 0 Å². The molecule has 10 heteroatoms. The highest BCUT2D eigenvalue weighted by Gasteiger charge is 2.23. The lowest BCUT2D eigenvalue weighted by atomic mass is 10.2. The summed E-state index contributed by atoms with van der Waals surface area (Å²) in [5.74, 6) is 1.37. The number of H-pyrrole nitrogens is 1. The number of fused-ring (bicyclic) bond motifs is 3. The predicted octanol–water partition coefficient (Wildman–Crippen LogP) is 1.97. The highest BCUT2D eigenvalue weighted by atomic mass is 16.3. The molecule has 5 aromatic rings. The van der Waals surface area contributed by atoms with E-state index in [0.717, 1.165) is 43.2 Å². The molecule has 4 heterocycles. The highest BCUT2D eigenvalue weighted by Crippen LogP contribution is 2.24. The number of nitrogens with one attached hydrogen (secondary N) is 1. The molecule has 0 amide bonds. The van der Waals surface area contributed by atoms with E-state index in [4.69, 9.17) is 9.40 Å². The third kappa shape index (κ3) is 3.21. The number of nitrogens with zero attached hydrogens (tertiary/aromatic N) is 7. The molecule has 0 radical (unpaired) electrons. The maximum atomic E-state index is 12.5. The molecule has 0 atom stereocenters. The van der Waals surface area contributed by atoms with Gasteiger partial charge in [-0.3, -0.25) is 9.69 Å². The van der Waals surface area contributed by atoms with Crippen LogP contribution in [-0.2, 0) is 6.54 Å². The fourth-order valence-electron chi connectivity index (χ4n) is 4.16. The molecule has 1 saturated heterocycles. The molecule has 3 aromatic heterocycles. The second-order valence-electron chi connectivity index (χ2n) is 7.78. The van der Waals surface area contributed by atoms with E-state index in [1.54, 1.807) is 4.68 Å². The first-order valence-electron chi connectivity index (χ1n) is 10.5. The Kier molecular flexibility index (Phi) is 4.43. The molecular weight excluding hydrogens is 408 g/mol.